The van der Waals surface area contributed by atoms with Crippen molar-refractivity contribution in [1.82, 2.24) is 4.90 Å². The van der Waals surface area contributed by atoms with E-state index in [9.17, 15) is 18.3 Å². The number of hydrogen-bond donors (Lipinski definition) is 1. The normalized spacial score (nSPS) is 15.6. The van der Waals surface area contributed by atoms with Gasteiger partial charge in [-0.15, -0.1) is 0 Å². The van der Waals surface area contributed by atoms with Gasteiger partial charge in [0.15, 0.2) is 9.84 Å². The Hall–Kier alpha value is -2.58. The number of sulfone groups is 1. The summed E-state index contributed by atoms with van der Waals surface area (Å²) in [7, 11) is -2.02. The number of amides is 1. The smallest absolute Gasteiger partial charge is 0.411 e. The SMILES string of the molecule is CN(C(=O)O)c1cccc(C(C2CN(C(c3ccc(Cl)cc3)c3ccc(Cl)cc3)C2)S(C)(=O)=O)c1. The van der Waals surface area contributed by atoms with Crippen LogP contribution in [0.15, 0.2) is 72.8 Å². The molecule has 0 aliphatic carbocycles. The lowest BCUT2D eigenvalue weighted by molar-refractivity contribution is 0.0655. The Bertz CT molecular complexity index is 1260. The Kier molecular flexibility index (Phi) is 7.43. The summed E-state index contributed by atoms with van der Waals surface area (Å²) in [5, 5.41) is 9.88. The number of halogens is 2. The fourth-order valence-electron chi connectivity index (χ4n) is 4.75. The molecule has 3 aromatic rings. The molecule has 0 bridgehead atoms. The highest BCUT2D eigenvalue weighted by molar-refractivity contribution is 7.90. The summed E-state index contributed by atoms with van der Waals surface area (Å²) in [6, 6.07) is 22.0. The van der Waals surface area contributed by atoms with Crippen molar-refractivity contribution in [3.05, 3.63) is 99.5 Å². The quantitative estimate of drug-likeness (QED) is 0.408. The summed E-state index contributed by atoms with van der Waals surface area (Å²) in [5.74, 6) is -0.141. The van der Waals surface area contributed by atoms with Crippen LogP contribution in [-0.4, -0.2) is 50.9 Å². The molecule has 1 fully saturated rings. The molecule has 0 radical (unpaired) electrons. The molecular weight excluding hydrogens is 507 g/mol. The van der Waals surface area contributed by atoms with Crippen LogP contribution in [0.4, 0.5) is 10.5 Å². The topological polar surface area (TPSA) is 77.9 Å². The number of benzene rings is 3. The van der Waals surface area contributed by atoms with Crippen LogP contribution in [0.5, 0.6) is 0 Å². The molecule has 3 aromatic carbocycles. The van der Waals surface area contributed by atoms with E-state index in [1.54, 1.807) is 24.3 Å². The van der Waals surface area contributed by atoms with Gasteiger partial charge in [0.05, 0.1) is 11.3 Å². The van der Waals surface area contributed by atoms with Crippen LogP contribution >= 0.6 is 23.2 Å². The monoisotopic (exact) mass is 532 g/mol. The highest BCUT2D eigenvalue weighted by Gasteiger charge is 2.43. The van der Waals surface area contributed by atoms with Crippen molar-refractivity contribution in [2.75, 3.05) is 31.3 Å². The average Bonchev–Trinajstić information content (AvgIpc) is 2.78. The van der Waals surface area contributed by atoms with E-state index in [1.165, 1.54) is 13.3 Å². The highest BCUT2D eigenvalue weighted by Crippen LogP contribution is 2.42. The molecule has 1 aliphatic heterocycles. The lowest BCUT2D eigenvalue weighted by Crippen LogP contribution is -2.52. The first-order valence-electron chi connectivity index (χ1n) is 11.0. The Morgan fingerprint density at radius 1 is 0.943 bits per heavy atom. The molecule has 1 amide bonds. The van der Waals surface area contributed by atoms with Gasteiger partial charge in [-0.05, 0) is 53.1 Å². The summed E-state index contributed by atoms with van der Waals surface area (Å²) < 4.78 is 25.8. The van der Waals surface area contributed by atoms with Gasteiger partial charge >= 0.3 is 6.09 Å². The second kappa shape index (κ2) is 10.2. The van der Waals surface area contributed by atoms with E-state index in [-0.39, 0.29) is 12.0 Å². The second-order valence-corrected chi connectivity index (χ2v) is 11.9. The Morgan fingerprint density at radius 2 is 1.46 bits per heavy atom. The first-order valence-corrected chi connectivity index (χ1v) is 13.8. The maximum absolute atomic E-state index is 12.9. The molecule has 1 atom stereocenters. The molecule has 9 heteroatoms. The van der Waals surface area contributed by atoms with Crippen molar-refractivity contribution in [3.8, 4) is 0 Å². The van der Waals surface area contributed by atoms with Gasteiger partial charge in [0.25, 0.3) is 0 Å². The van der Waals surface area contributed by atoms with Crippen LogP contribution in [0.1, 0.15) is 28.0 Å². The molecule has 1 heterocycles. The molecule has 1 aliphatic rings. The lowest BCUT2D eigenvalue weighted by Gasteiger charge is -2.47. The maximum Gasteiger partial charge on any atom is 0.411 e. The van der Waals surface area contributed by atoms with Gasteiger partial charge in [0, 0.05) is 48.0 Å². The number of nitrogens with zero attached hydrogens (tertiary/aromatic N) is 2. The van der Waals surface area contributed by atoms with E-state index in [4.69, 9.17) is 23.2 Å². The van der Waals surface area contributed by atoms with Crippen molar-refractivity contribution >= 4 is 44.8 Å². The van der Waals surface area contributed by atoms with E-state index < -0.39 is 21.2 Å². The highest BCUT2D eigenvalue weighted by atomic mass is 35.5. The summed E-state index contributed by atoms with van der Waals surface area (Å²) in [5.41, 5.74) is 3.13. The van der Waals surface area contributed by atoms with E-state index >= 15 is 0 Å². The third-order valence-electron chi connectivity index (χ3n) is 6.44. The molecule has 4 rings (SSSR count). The zero-order valence-electron chi connectivity index (χ0n) is 19.3. The molecule has 0 aromatic heterocycles. The van der Waals surface area contributed by atoms with Gasteiger partial charge in [0.2, 0.25) is 0 Å². The average molecular weight is 533 g/mol. The second-order valence-electron chi connectivity index (χ2n) is 8.91. The van der Waals surface area contributed by atoms with E-state index in [0.29, 0.717) is 34.4 Å². The van der Waals surface area contributed by atoms with E-state index in [2.05, 4.69) is 4.90 Å². The fraction of sp³-hybridized carbons (Fsp3) is 0.269. The Morgan fingerprint density at radius 3 is 1.91 bits per heavy atom. The number of carbonyl (C=O) groups is 1. The maximum atomic E-state index is 12.9. The number of hydrogen-bond acceptors (Lipinski definition) is 4. The first kappa shape index (κ1) is 25.5. The minimum atomic E-state index is -3.46. The van der Waals surface area contributed by atoms with E-state index in [1.807, 2.05) is 48.5 Å². The molecule has 0 saturated carbocycles. The predicted octanol–water partition coefficient (Wildman–Crippen LogP) is 5.91. The molecule has 1 unspecified atom stereocenters. The van der Waals surface area contributed by atoms with Gasteiger partial charge < -0.3 is 5.11 Å². The first-order chi connectivity index (χ1) is 16.5. The van der Waals surface area contributed by atoms with Crippen molar-refractivity contribution < 1.29 is 18.3 Å². The van der Waals surface area contributed by atoms with Crippen LogP contribution in [0, 0.1) is 5.92 Å². The van der Waals surface area contributed by atoms with Gasteiger partial charge in [-0.3, -0.25) is 9.80 Å². The minimum absolute atomic E-state index is 0.0783. The molecule has 35 heavy (non-hydrogen) atoms. The fourth-order valence-corrected chi connectivity index (χ4v) is 6.51. The Labute approximate surface area is 215 Å². The third kappa shape index (κ3) is 5.64. The minimum Gasteiger partial charge on any atom is -0.465 e. The largest absolute Gasteiger partial charge is 0.465 e. The lowest BCUT2D eigenvalue weighted by atomic mass is 9.86. The van der Waals surface area contributed by atoms with Gasteiger partial charge in [-0.2, -0.15) is 0 Å². The van der Waals surface area contributed by atoms with Gasteiger partial charge in [-0.1, -0.05) is 59.6 Å². The number of anilines is 1. The molecule has 1 N–H and O–H groups in total. The Balaban J connectivity index is 1.63. The van der Waals surface area contributed by atoms with Crippen molar-refractivity contribution in [3.63, 3.8) is 0 Å². The molecule has 6 nitrogen and oxygen atoms in total. The molecule has 0 spiro atoms. The van der Waals surface area contributed by atoms with Crippen LogP contribution in [0.2, 0.25) is 10.0 Å². The molecule has 1 saturated heterocycles. The zero-order chi connectivity index (χ0) is 25.3. The van der Waals surface area contributed by atoms with Crippen molar-refractivity contribution in [1.29, 1.82) is 0 Å². The number of rotatable bonds is 7. The van der Waals surface area contributed by atoms with Crippen molar-refractivity contribution in [2.24, 2.45) is 5.92 Å². The zero-order valence-corrected chi connectivity index (χ0v) is 21.6. The molecule has 184 valence electrons. The van der Waals surface area contributed by atoms with Crippen LogP contribution in [0.25, 0.3) is 0 Å². The summed E-state index contributed by atoms with van der Waals surface area (Å²) >= 11 is 12.2. The number of carboxylic acid groups (broad SMARTS) is 1. The van der Waals surface area contributed by atoms with Crippen molar-refractivity contribution in [2.45, 2.75) is 11.3 Å². The predicted molar refractivity (Wildman–Crippen MR) is 140 cm³/mol. The van der Waals surface area contributed by atoms with Crippen LogP contribution < -0.4 is 4.90 Å². The third-order valence-corrected chi connectivity index (χ3v) is 8.52. The van der Waals surface area contributed by atoms with Crippen LogP contribution in [-0.2, 0) is 9.84 Å². The van der Waals surface area contributed by atoms with Gasteiger partial charge in [0.1, 0.15) is 0 Å². The standard InChI is InChI=1S/C26H26Cl2N2O4S/c1-29(26(31)32)23-5-3-4-19(14-23)25(35(2,33)34)20-15-30(16-20)24(17-6-10-21(27)11-7-17)18-8-12-22(28)13-9-18/h3-14,20,24-25H,15-16H2,1-2H3,(H,31,32). The molecular formula is C26H26Cl2N2O4S. The number of likely N-dealkylation sites (tertiary alicyclic amines) is 1. The van der Waals surface area contributed by atoms with Gasteiger partial charge in [-0.25, -0.2) is 13.2 Å². The summed E-state index contributed by atoms with van der Waals surface area (Å²) in [6.45, 7) is 1.12. The van der Waals surface area contributed by atoms with E-state index in [0.717, 1.165) is 16.0 Å². The summed E-state index contributed by atoms with van der Waals surface area (Å²) in [6.07, 6.45) is 0.130. The summed E-state index contributed by atoms with van der Waals surface area (Å²) in [4.78, 5) is 14.7. The van der Waals surface area contributed by atoms with Crippen LogP contribution in [0.3, 0.4) is 0 Å².